The molecule has 180 valence electrons. The Morgan fingerprint density at radius 1 is 0.970 bits per heavy atom. The van der Waals surface area contributed by atoms with Gasteiger partial charge in [0, 0.05) is 31.2 Å². The first-order valence-electron chi connectivity index (χ1n) is 13.2. The smallest absolute Gasteiger partial charge is 0.251 e. The standard InChI is InChI=1S/C26H39N5OS/c32-25(21-8-9-23-24(20-21)33-26(28-23)31-16-5-2-6-17-31)27-12-7-13-29-18-10-22(11-19-29)30-14-3-1-4-15-30/h8-9,20,22H,1-7,10-19H2,(H,27,32). The van der Waals surface area contributed by atoms with E-state index in [1.54, 1.807) is 11.3 Å². The van der Waals surface area contributed by atoms with E-state index < -0.39 is 0 Å². The lowest BCUT2D eigenvalue weighted by atomic mass is 10.00. The molecule has 33 heavy (non-hydrogen) atoms. The van der Waals surface area contributed by atoms with E-state index in [1.807, 2.05) is 18.2 Å². The number of piperidine rings is 3. The Hall–Kier alpha value is -1.70. The van der Waals surface area contributed by atoms with E-state index in [4.69, 9.17) is 4.98 Å². The second kappa shape index (κ2) is 11.2. The molecule has 1 aromatic carbocycles. The maximum absolute atomic E-state index is 12.7. The molecular weight excluding hydrogens is 430 g/mol. The molecule has 3 fully saturated rings. The third kappa shape index (κ3) is 5.87. The Kier molecular flexibility index (Phi) is 7.79. The van der Waals surface area contributed by atoms with Gasteiger partial charge >= 0.3 is 0 Å². The SMILES string of the molecule is O=C(NCCCN1CCC(N2CCCCC2)CC1)c1ccc2nc(N3CCCCC3)sc2c1. The quantitative estimate of drug-likeness (QED) is 0.611. The van der Waals surface area contributed by atoms with Crippen LogP contribution in [0.15, 0.2) is 18.2 Å². The summed E-state index contributed by atoms with van der Waals surface area (Å²) in [7, 11) is 0. The molecule has 1 amide bonds. The van der Waals surface area contributed by atoms with E-state index in [1.165, 1.54) is 77.5 Å². The highest BCUT2D eigenvalue weighted by Gasteiger charge is 2.25. The van der Waals surface area contributed by atoms with E-state index in [-0.39, 0.29) is 5.91 Å². The summed E-state index contributed by atoms with van der Waals surface area (Å²) < 4.78 is 1.11. The Labute approximate surface area is 202 Å². The van der Waals surface area contributed by atoms with Crippen molar-refractivity contribution in [1.82, 2.24) is 20.1 Å². The summed E-state index contributed by atoms with van der Waals surface area (Å²) in [5.74, 6) is 0.0358. The number of aromatic nitrogens is 1. The van der Waals surface area contributed by atoms with E-state index in [2.05, 4.69) is 20.0 Å². The summed E-state index contributed by atoms with van der Waals surface area (Å²) >= 11 is 1.72. The molecule has 0 bridgehead atoms. The van der Waals surface area contributed by atoms with Gasteiger partial charge in [0.15, 0.2) is 5.13 Å². The van der Waals surface area contributed by atoms with Crippen LogP contribution in [0.4, 0.5) is 5.13 Å². The Morgan fingerprint density at radius 3 is 2.45 bits per heavy atom. The van der Waals surface area contributed by atoms with Crippen molar-refractivity contribution in [2.75, 3.05) is 57.3 Å². The molecule has 7 heteroatoms. The van der Waals surface area contributed by atoms with E-state index in [0.29, 0.717) is 0 Å². The van der Waals surface area contributed by atoms with Crippen molar-refractivity contribution < 1.29 is 4.79 Å². The minimum Gasteiger partial charge on any atom is -0.352 e. The van der Waals surface area contributed by atoms with Gasteiger partial charge in [-0.2, -0.15) is 0 Å². The fourth-order valence-corrected chi connectivity index (χ4v) is 6.73. The second-order valence-electron chi connectivity index (χ2n) is 10.0. The average Bonchev–Trinajstić information content (AvgIpc) is 3.31. The molecule has 0 atom stereocenters. The van der Waals surface area contributed by atoms with E-state index in [0.717, 1.165) is 59.6 Å². The first-order chi connectivity index (χ1) is 16.3. The minimum absolute atomic E-state index is 0.0358. The molecule has 0 spiro atoms. The molecule has 1 aromatic heterocycles. The van der Waals surface area contributed by atoms with Crippen molar-refractivity contribution in [2.45, 2.75) is 63.8 Å². The van der Waals surface area contributed by atoms with Crippen molar-refractivity contribution in [3.63, 3.8) is 0 Å². The van der Waals surface area contributed by atoms with E-state index >= 15 is 0 Å². The molecule has 2 aromatic rings. The predicted molar refractivity (Wildman–Crippen MR) is 138 cm³/mol. The number of hydrogen-bond acceptors (Lipinski definition) is 6. The molecule has 3 aliphatic heterocycles. The van der Waals surface area contributed by atoms with Crippen LogP contribution in [0.1, 0.15) is 68.1 Å². The molecule has 3 aliphatic rings. The number of thiazole rings is 1. The third-order valence-electron chi connectivity index (χ3n) is 7.67. The average molecular weight is 470 g/mol. The minimum atomic E-state index is 0.0358. The van der Waals surface area contributed by atoms with Gasteiger partial charge in [0.25, 0.3) is 5.91 Å². The third-order valence-corrected chi connectivity index (χ3v) is 8.75. The number of amides is 1. The Balaban J connectivity index is 1.05. The van der Waals surface area contributed by atoms with Gasteiger partial charge < -0.3 is 20.0 Å². The molecule has 6 nitrogen and oxygen atoms in total. The van der Waals surface area contributed by atoms with Crippen LogP contribution in [-0.2, 0) is 0 Å². The van der Waals surface area contributed by atoms with Crippen LogP contribution >= 0.6 is 11.3 Å². The molecule has 0 unspecified atom stereocenters. The number of rotatable bonds is 7. The number of hydrogen-bond donors (Lipinski definition) is 1. The summed E-state index contributed by atoms with van der Waals surface area (Å²) in [5, 5.41) is 4.24. The highest BCUT2D eigenvalue weighted by Crippen LogP contribution is 2.31. The second-order valence-corrected chi connectivity index (χ2v) is 11.0. The first-order valence-corrected chi connectivity index (χ1v) is 14.0. The highest BCUT2D eigenvalue weighted by atomic mass is 32.1. The number of nitrogens with one attached hydrogen (secondary N) is 1. The molecule has 0 radical (unpaired) electrons. The zero-order valence-electron chi connectivity index (χ0n) is 19.9. The lowest BCUT2D eigenvalue weighted by Crippen LogP contribution is -2.47. The predicted octanol–water partition coefficient (Wildman–Crippen LogP) is 4.36. The van der Waals surface area contributed by atoms with Crippen molar-refractivity contribution >= 4 is 32.6 Å². The van der Waals surface area contributed by atoms with Crippen LogP contribution < -0.4 is 10.2 Å². The highest BCUT2D eigenvalue weighted by molar-refractivity contribution is 7.22. The molecule has 3 saturated heterocycles. The number of fused-ring (bicyclic) bond motifs is 1. The normalized spacial score (nSPS) is 21.5. The number of carbonyl (C=O) groups excluding carboxylic acids is 1. The maximum Gasteiger partial charge on any atom is 0.251 e. The van der Waals surface area contributed by atoms with Gasteiger partial charge in [-0.1, -0.05) is 17.8 Å². The first kappa shape index (κ1) is 23.1. The van der Waals surface area contributed by atoms with Gasteiger partial charge in [0.05, 0.1) is 10.2 Å². The Bertz CT molecular complexity index is 911. The fourth-order valence-electron chi connectivity index (χ4n) is 5.67. The van der Waals surface area contributed by atoms with Crippen LogP contribution in [0.3, 0.4) is 0 Å². The van der Waals surface area contributed by atoms with Crippen LogP contribution in [0.25, 0.3) is 10.2 Å². The van der Waals surface area contributed by atoms with Crippen molar-refractivity contribution in [3.05, 3.63) is 23.8 Å². The van der Waals surface area contributed by atoms with Crippen LogP contribution in [0.5, 0.6) is 0 Å². The van der Waals surface area contributed by atoms with E-state index in [9.17, 15) is 4.79 Å². The van der Waals surface area contributed by atoms with Crippen molar-refractivity contribution in [3.8, 4) is 0 Å². The Morgan fingerprint density at radius 2 is 1.70 bits per heavy atom. The fraction of sp³-hybridized carbons (Fsp3) is 0.692. The number of anilines is 1. The molecule has 4 heterocycles. The van der Waals surface area contributed by atoms with Crippen molar-refractivity contribution in [2.24, 2.45) is 0 Å². The van der Waals surface area contributed by atoms with Crippen LogP contribution in [0, 0.1) is 0 Å². The zero-order chi connectivity index (χ0) is 22.5. The summed E-state index contributed by atoms with van der Waals surface area (Å²) in [6.07, 6.45) is 11.6. The summed E-state index contributed by atoms with van der Waals surface area (Å²) in [5.41, 5.74) is 1.75. The monoisotopic (exact) mass is 469 g/mol. The number of likely N-dealkylation sites (tertiary alicyclic amines) is 2. The summed E-state index contributed by atoms with van der Waals surface area (Å²) in [4.78, 5) is 25.2. The van der Waals surface area contributed by atoms with Gasteiger partial charge in [-0.3, -0.25) is 4.79 Å². The van der Waals surface area contributed by atoms with Crippen LogP contribution in [-0.4, -0.2) is 79.1 Å². The van der Waals surface area contributed by atoms with Gasteiger partial charge in [-0.15, -0.1) is 0 Å². The molecule has 0 saturated carbocycles. The van der Waals surface area contributed by atoms with Crippen LogP contribution in [0.2, 0.25) is 0 Å². The van der Waals surface area contributed by atoms with Gasteiger partial charge in [-0.25, -0.2) is 4.98 Å². The lowest BCUT2D eigenvalue weighted by molar-refractivity contribution is 0.0903. The molecule has 1 N–H and O–H groups in total. The number of nitrogens with zero attached hydrogens (tertiary/aromatic N) is 4. The summed E-state index contributed by atoms with van der Waals surface area (Å²) in [6.45, 7) is 9.05. The molecule has 0 aliphatic carbocycles. The van der Waals surface area contributed by atoms with Gasteiger partial charge in [0.1, 0.15) is 0 Å². The number of carbonyl (C=O) groups is 1. The lowest BCUT2D eigenvalue weighted by Gasteiger charge is -2.40. The topological polar surface area (TPSA) is 51.7 Å². The molecule has 5 rings (SSSR count). The molecular formula is C26H39N5OS. The maximum atomic E-state index is 12.7. The summed E-state index contributed by atoms with van der Waals surface area (Å²) in [6, 6.07) is 6.74. The number of benzene rings is 1. The zero-order valence-corrected chi connectivity index (χ0v) is 20.8. The van der Waals surface area contributed by atoms with Gasteiger partial charge in [-0.05, 0) is 102 Å². The van der Waals surface area contributed by atoms with Crippen molar-refractivity contribution in [1.29, 1.82) is 0 Å². The van der Waals surface area contributed by atoms with Gasteiger partial charge in [0.2, 0.25) is 0 Å². The largest absolute Gasteiger partial charge is 0.352 e.